The molecule has 0 bridgehead atoms. The smallest absolute Gasteiger partial charge is 0.355 e. The Kier molecular flexibility index (Phi) is 9.53. The van der Waals surface area contributed by atoms with Crippen LogP contribution < -0.4 is 5.32 Å². The number of benzene rings is 1. The third-order valence-corrected chi connectivity index (χ3v) is 7.33. The van der Waals surface area contributed by atoms with Gasteiger partial charge in [0, 0.05) is 37.5 Å². The first-order valence-corrected chi connectivity index (χ1v) is 12.0. The van der Waals surface area contributed by atoms with Crippen LogP contribution in [0.3, 0.4) is 0 Å². The fourth-order valence-electron chi connectivity index (χ4n) is 4.01. The van der Waals surface area contributed by atoms with Gasteiger partial charge in [-0.15, -0.1) is 0 Å². The quantitative estimate of drug-likeness (QED) is 0.262. The average Bonchev–Trinajstić information content (AvgIpc) is 3.55. The lowest BCUT2D eigenvalue weighted by molar-refractivity contribution is -0.196. The van der Waals surface area contributed by atoms with Crippen molar-refractivity contribution in [3.63, 3.8) is 0 Å². The van der Waals surface area contributed by atoms with Crippen molar-refractivity contribution in [1.82, 2.24) is 10.2 Å². The summed E-state index contributed by atoms with van der Waals surface area (Å²) in [6.07, 6.45) is -4.06. The van der Waals surface area contributed by atoms with Crippen molar-refractivity contribution in [3.05, 3.63) is 46.9 Å². The van der Waals surface area contributed by atoms with E-state index in [4.69, 9.17) is 0 Å². The van der Waals surface area contributed by atoms with E-state index in [1.54, 1.807) is 19.1 Å². The van der Waals surface area contributed by atoms with E-state index in [1.807, 2.05) is 31.1 Å². The molecule has 188 valence electrons. The van der Waals surface area contributed by atoms with Crippen LogP contribution in [0.4, 0.5) is 13.2 Å². The Balaban J connectivity index is 2.10. The van der Waals surface area contributed by atoms with E-state index in [-0.39, 0.29) is 37.6 Å². The van der Waals surface area contributed by atoms with Crippen LogP contribution in [-0.2, 0) is 11.2 Å². The minimum Gasteiger partial charge on any atom is -0.355 e. The number of allylic oxidation sites excluding steroid dienone is 1. The maximum Gasteiger partial charge on any atom is 0.395 e. The van der Waals surface area contributed by atoms with E-state index in [2.05, 4.69) is 16.9 Å². The lowest BCUT2D eigenvalue weighted by Gasteiger charge is -2.30. The highest BCUT2D eigenvalue weighted by molar-refractivity contribution is 8.17. The summed E-state index contributed by atoms with van der Waals surface area (Å²) in [6.45, 7) is 7.29. The highest BCUT2D eigenvalue weighted by Gasteiger charge is 2.68. The number of alkyl halides is 3. The molecule has 1 saturated carbocycles. The minimum absolute atomic E-state index is 0.000792. The normalized spacial score (nSPS) is 17.3. The summed E-state index contributed by atoms with van der Waals surface area (Å²) >= 11 is 1.11. The molecule has 1 N–H and O–H groups in total. The number of carbonyl (C=O) groups excluding carboxylic acids is 2. The van der Waals surface area contributed by atoms with Gasteiger partial charge in [-0.1, -0.05) is 42.6 Å². The molecule has 1 aliphatic rings. The summed E-state index contributed by atoms with van der Waals surface area (Å²) < 4.78 is 41.8. The summed E-state index contributed by atoms with van der Waals surface area (Å²) in [6, 6.07) is 7.23. The molecule has 2 unspecified atom stereocenters. The lowest BCUT2D eigenvalue weighted by Crippen LogP contribution is -2.44. The maximum atomic E-state index is 13.9. The van der Waals surface area contributed by atoms with Gasteiger partial charge in [-0.25, -0.2) is 0 Å². The minimum atomic E-state index is -4.40. The van der Waals surface area contributed by atoms with Gasteiger partial charge in [-0.2, -0.15) is 13.2 Å². The van der Waals surface area contributed by atoms with Crippen LogP contribution in [0, 0.1) is 11.3 Å². The Morgan fingerprint density at radius 3 is 2.21 bits per heavy atom. The molecule has 0 aliphatic heterocycles. The van der Waals surface area contributed by atoms with E-state index in [0.29, 0.717) is 21.9 Å². The molecular formula is C25H34F3N3O2S. The van der Waals surface area contributed by atoms with Crippen LogP contribution in [0.25, 0.3) is 0 Å². The molecule has 34 heavy (non-hydrogen) atoms. The highest BCUT2D eigenvalue weighted by Crippen LogP contribution is 2.64. The number of halogens is 3. The predicted octanol–water partition coefficient (Wildman–Crippen LogP) is 5.12. The molecular weight excluding hydrogens is 463 g/mol. The van der Waals surface area contributed by atoms with Gasteiger partial charge in [0.1, 0.15) is 0 Å². The number of rotatable bonds is 11. The Bertz CT molecular complexity index is 922. The summed E-state index contributed by atoms with van der Waals surface area (Å²) in [5, 5.41) is 3.14. The van der Waals surface area contributed by atoms with Gasteiger partial charge in [0.2, 0.25) is 5.91 Å². The number of Topliss-reactive ketones (excluding diaryl/α,β-unsaturated/α-hetero) is 1. The van der Waals surface area contributed by atoms with Crippen LogP contribution in [-0.4, -0.2) is 61.5 Å². The van der Waals surface area contributed by atoms with Crippen LogP contribution in [0.2, 0.25) is 0 Å². The Hall–Kier alpha value is -2.13. The van der Waals surface area contributed by atoms with Crippen molar-refractivity contribution in [2.45, 2.75) is 51.7 Å². The zero-order chi connectivity index (χ0) is 25.7. The molecule has 1 aromatic carbocycles. The number of carbonyl (C=O) groups is 2. The topological polar surface area (TPSA) is 61.8 Å². The number of amides is 1. The molecule has 2 atom stereocenters. The Morgan fingerprint density at radius 2 is 1.79 bits per heavy atom. The predicted molar refractivity (Wildman–Crippen MR) is 132 cm³/mol. The lowest BCUT2D eigenvalue weighted by atomic mass is 9.86. The fraction of sp³-hybridized carbons (Fsp3) is 0.560. The van der Waals surface area contributed by atoms with Gasteiger partial charge in [-0.3, -0.25) is 14.6 Å². The van der Waals surface area contributed by atoms with Crippen molar-refractivity contribution in [2.75, 3.05) is 27.7 Å². The van der Waals surface area contributed by atoms with Crippen LogP contribution in [0.1, 0.15) is 49.0 Å². The standard InChI is InChI=1S/C25H34F3N3O2S/c1-16(2)34-23(29-4)21(24(11-12-24)25(26,27)28)14-22(33)30-15-20(31(5)6)13-18-7-9-19(10-8-18)17(3)32/h7-10,20-21H,1,11-15H2,2-6H3,(H,30,33). The van der Waals surface area contributed by atoms with Gasteiger partial charge in [0.25, 0.3) is 0 Å². The number of hydrogen-bond donors (Lipinski definition) is 1. The van der Waals surface area contributed by atoms with Crippen molar-refractivity contribution in [2.24, 2.45) is 16.3 Å². The van der Waals surface area contributed by atoms with Gasteiger partial charge >= 0.3 is 6.18 Å². The van der Waals surface area contributed by atoms with Gasteiger partial charge in [0.15, 0.2) is 5.78 Å². The number of aliphatic imine (C=N–C) groups is 1. The summed E-state index contributed by atoms with van der Waals surface area (Å²) in [5.74, 6) is -1.47. The number of nitrogens with one attached hydrogen (secondary N) is 1. The van der Waals surface area contributed by atoms with E-state index < -0.39 is 23.4 Å². The second-order valence-electron chi connectivity index (χ2n) is 9.16. The summed E-state index contributed by atoms with van der Waals surface area (Å²) in [4.78, 5) is 31.0. The first-order chi connectivity index (χ1) is 15.8. The summed E-state index contributed by atoms with van der Waals surface area (Å²) in [5.41, 5.74) is -0.270. The maximum absolute atomic E-state index is 13.9. The van der Waals surface area contributed by atoms with Crippen molar-refractivity contribution >= 4 is 28.5 Å². The molecule has 0 aromatic heterocycles. The van der Waals surface area contributed by atoms with E-state index in [1.165, 1.54) is 14.0 Å². The van der Waals surface area contributed by atoms with Crippen molar-refractivity contribution in [1.29, 1.82) is 0 Å². The first-order valence-electron chi connectivity index (χ1n) is 11.2. The largest absolute Gasteiger partial charge is 0.395 e. The molecule has 1 aromatic rings. The number of nitrogens with zero attached hydrogens (tertiary/aromatic N) is 2. The van der Waals surface area contributed by atoms with Crippen LogP contribution >= 0.6 is 11.8 Å². The zero-order valence-corrected chi connectivity index (χ0v) is 21.3. The second kappa shape index (κ2) is 11.5. The molecule has 0 heterocycles. The fourth-order valence-corrected chi connectivity index (χ4v) is 4.91. The second-order valence-corrected chi connectivity index (χ2v) is 10.5. The molecule has 9 heteroatoms. The third-order valence-electron chi connectivity index (χ3n) is 6.30. The highest BCUT2D eigenvalue weighted by atomic mass is 32.2. The van der Waals surface area contributed by atoms with Gasteiger partial charge in [-0.05, 0) is 57.7 Å². The molecule has 1 fully saturated rings. The van der Waals surface area contributed by atoms with Crippen molar-refractivity contribution < 1.29 is 22.8 Å². The Morgan fingerprint density at radius 1 is 1.21 bits per heavy atom. The van der Waals surface area contributed by atoms with Crippen molar-refractivity contribution in [3.8, 4) is 0 Å². The molecule has 1 amide bonds. The molecule has 1 aliphatic carbocycles. The molecule has 2 rings (SSSR count). The number of thioether (sulfide) groups is 1. The van der Waals surface area contributed by atoms with Gasteiger partial charge in [0.05, 0.1) is 10.5 Å². The number of hydrogen-bond acceptors (Lipinski definition) is 5. The first kappa shape index (κ1) is 28.1. The van der Waals surface area contributed by atoms with Gasteiger partial charge < -0.3 is 10.2 Å². The molecule has 0 radical (unpaired) electrons. The summed E-state index contributed by atoms with van der Waals surface area (Å²) in [7, 11) is 5.23. The van der Waals surface area contributed by atoms with E-state index >= 15 is 0 Å². The number of likely N-dealkylation sites (N-methyl/N-ethyl adjacent to an activating group) is 1. The molecule has 0 spiro atoms. The Labute approximate surface area is 204 Å². The molecule has 0 saturated heterocycles. The molecule has 5 nitrogen and oxygen atoms in total. The SMILES string of the molecule is C=C(C)SC(=NC)C(CC(=O)NCC(Cc1ccc(C(C)=O)cc1)N(C)C)C1(C(F)(F)F)CC1. The van der Waals surface area contributed by atoms with Crippen LogP contribution in [0.15, 0.2) is 40.7 Å². The van der Waals surface area contributed by atoms with Crippen LogP contribution in [0.5, 0.6) is 0 Å². The zero-order valence-electron chi connectivity index (χ0n) is 20.5. The van der Waals surface area contributed by atoms with E-state index in [0.717, 1.165) is 17.3 Å². The third kappa shape index (κ3) is 7.18. The number of ketones is 1. The average molecular weight is 498 g/mol. The monoisotopic (exact) mass is 497 g/mol. The van der Waals surface area contributed by atoms with E-state index in [9.17, 15) is 22.8 Å².